The van der Waals surface area contributed by atoms with Gasteiger partial charge in [-0.05, 0) is 41.9 Å². The van der Waals surface area contributed by atoms with E-state index in [0.29, 0.717) is 12.1 Å². The van der Waals surface area contributed by atoms with Gasteiger partial charge in [0.2, 0.25) is 0 Å². The van der Waals surface area contributed by atoms with Crippen LogP contribution in [0.4, 0.5) is 0 Å². The SMILES string of the molecule is CC1(C)C(=O)OCCN1C(=O)c1ccccc1Br. The summed E-state index contributed by atoms with van der Waals surface area (Å²) in [5.41, 5.74) is -0.370. The zero-order valence-electron chi connectivity index (χ0n) is 10.3. The minimum Gasteiger partial charge on any atom is -0.462 e. The number of carbonyl (C=O) groups excluding carboxylic acids is 2. The van der Waals surface area contributed by atoms with E-state index >= 15 is 0 Å². The van der Waals surface area contributed by atoms with E-state index in [1.54, 1.807) is 30.9 Å². The van der Waals surface area contributed by atoms with Gasteiger partial charge in [0.25, 0.3) is 5.91 Å². The van der Waals surface area contributed by atoms with Crippen LogP contribution in [0.2, 0.25) is 0 Å². The van der Waals surface area contributed by atoms with Gasteiger partial charge in [0.15, 0.2) is 0 Å². The molecule has 0 unspecified atom stereocenters. The van der Waals surface area contributed by atoms with Crippen LogP contribution in [-0.2, 0) is 9.53 Å². The first-order chi connectivity index (χ1) is 8.44. The lowest BCUT2D eigenvalue weighted by atomic mass is 10.00. The number of morpholine rings is 1. The summed E-state index contributed by atoms with van der Waals surface area (Å²) < 4.78 is 5.72. The van der Waals surface area contributed by atoms with Crippen LogP contribution in [0.25, 0.3) is 0 Å². The van der Waals surface area contributed by atoms with Crippen molar-refractivity contribution in [3.8, 4) is 0 Å². The van der Waals surface area contributed by atoms with Crippen LogP contribution >= 0.6 is 15.9 Å². The molecule has 1 heterocycles. The largest absolute Gasteiger partial charge is 0.462 e. The van der Waals surface area contributed by atoms with Crippen molar-refractivity contribution < 1.29 is 14.3 Å². The topological polar surface area (TPSA) is 46.6 Å². The maximum absolute atomic E-state index is 12.5. The average molecular weight is 312 g/mol. The smallest absolute Gasteiger partial charge is 0.331 e. The van der Waals surface area contributed by atoms with E-state index in [-0.39, 0.29) is 18.5 Å². The molecule has 1 aliphatic rings. The fraction of sp³-hybridized carbons (Fsp3) is 0.385. The van der Waals surface area contributed by atoms with Gasteiger partial charge in [-0.25, -0.2) is 4.79 Å². The number of hydrogen-bond donors (Lipinski definition) is 0. The standard InChI is InChI=1S/C13H14BrNO3/c1-13(2)12(17)18-8-7-15(13)11(16)9-5-3-4-6-10(9)14/h3-6H,7-8H2,1-2H3. The third kappa shape index (κ3) is 2.14. The molecule has 1 saturated heterocycles. The van der Waals surface area contributed by atoms with E-state index in [0.717, 1.165) is 4.47 Å². The summed E-state index contributed by atoms with van der Waals surface area (Å²) in [5, 5.41) is 0. The number of ether oxygens (including phenoxy) is 1. The molecule has 0 aliphatic carbocycles. The molecule has 1 aromatic carbocycles. The Morgan fingerprint density at radius 1 is 1.39 bits per heavy atom. The molecule has 0 N–H and O–H groups in total. The highest BCUT2D eigenvalue weighted by Crippen LogP contribution is 2.25. The van der Waals surface area contributed by atoms with Crippen LogP contribution in [0, 0.1) is 0 Å². The number of carbonyl (C=O) groups is 2. The Labute approximate surface area is 114 Å². The van der Waals surface area contributed by atoms with Crippen LogP contribution in [0.3, 0.4) is 0 Å². The molecule has 5 heteroatoms. The highest BCUT2D eigenvalue weighted by Gasteiger charge is 2.42. The molecule has 18 heavy (non-hydrogen) atoms. The Morgan fingerprint density at radius 2 is 2.06 bits per heavy atom. The van der Waals surface area contributed by atoms with E-state index in [2.05, 4.69) is 15.9 Å². The van der Waals surface area contributed by atoms with E-state index in [4.69, 9.17) is 4.74 Å². The lowest BCUT2D eigenvalue weighted by Gasteiger charge is -2.40. The minimum absolute atomic E-state index is 0.163. The highest BCUT2D eigenvalue weighted by molar-refractivity contribution is 9.10. The van der Waals surface area contributed by atoms with Gasteiger partial charge in [0.05, 0.1) is 12.1 Å². The molecule has 1 aliphatic heterocycles. The summed E-state index contributed by atoms with van der Waals surface area (Å²) in [6.45, 7) is 4.06. The van der Waals surface area contributed by atoms with Gasteiger partial charge in [-0.3, -0.25) is 4.79 Å². The first-order valence-corrected chi connectivity index (χ1v) is 6.47. The van der Waals surface area contributed by atoms with Crippen molar-refractivity contribution in [2.75, 3.05) is 13.2 Å². The zero-order valence-corrected chi connectivity index (χ0v) is 11.9. The van der Waals surface area contributed by atoms with Crippen LogP contribution in [-0.4, -0.2) is 35.5 Å². The summed E-state index contributed by atoms with van der Waals surface area (Å²) in [6, 6.07) is 7.19. The van der Waals surface area contributed by atoms with Gasteiger partial charge in [-0.2, -0.15) is 0 Å². The van der Waals surface area contributed by atoms with Gasteiger partial charge in [-0.1, -0.05) is 12.1 Å². The molecule has 1 fully saturated rings. The molecular weight excluding hydrogens is 298 g/mol. The molecule has 0 radical (unpaired) electrons. The molecule has 4 nitrogen and oxygen atoms in total. The maximum Gasteiger partial charge on any atom is 0.331 e. The van der Waals surface area contributed by atoms with Gasteiger partial charge >= 0.3 is 5.97 Å². The first kappa shape index (κ1) is 13.1. The van der Waals surface area contributed by atoms with Crippen molar-refractivity contribution in [1.29, 1.82) is 0 Å². The predicted molar refractivity (Wildman–Crippen MR) is 70.2 cm³/mol. The molecule has 0 saturated carbocycles. The number of halogens is 1. The van der Waals surface area contributed by atoms with Crippen LogP contribution in [0.1, 0.15) is 24.2 Å². The van der Waals surface area contributed by atoms with E-state index in [1.165, 1.54) is 0 Å². The van der Waals surface area contributed by atoms with Gasteiger partial charge < -0.3 is 9.64 Å². The molecule has 0 spiro atoms. The zero-order chi connectivity index (χ0) is 13.3. The number of rotatable bonds is 1. The normalized spacial score (nSPS) is 18.4. The second-order valence-electron chi connectivity index (χ2n) is 4.63. The molecule has 1 amide bonds. The van der Waals surface area contributed by atoms with Crippen LogP contribution in [0.5, 0.6) is 0 Å². The Morgan fingerprint density at radius 3 is 2.72 bits per heavy atom. The molecule has 96 valence electrons. The average Bonchev–Trinajstić information content (AvgIpc) is 2.32. The number of esters is 1. The monoisotopic (exact) mass is 311 g/mol. The second kappa shape index (κ2) is 4.72. The molecule has 1 aromatic rings. The number of cyclic esters (lactones) is 1. The van der Waals surface area contributed by atoms with Crippen LogP contribution in [0.15, 0.2) is 28.7 Å². The molecule has 2 rings (SSSR count). The molecular formula is C13H14BrNO3. The van der Waals surface area contributed by atoms with Crippen molar-refractivity contribution in [3.05, 3.63) is 34.3 Å². The Bertz CT molecular complexity index is 499. The third-order valence-electron chi connectivity index (χ3n) is 3.07. The van der Waals surface area contributed by atoms with Gasteiger partial charge in [0, 0.05) is 4.47 Å². The summed E-state index contributed by atoms with van der Waals surface area (Å²) in [6.07, 6.45) is 0. The summed E-state index contributed by atoms with van der Waals surface area (Å²) in [4.78, 5) is 25.7. The van der Waals surface area contributed by atoms with Crippen molar-refractivity contribution in [2.45, 2.75) is 19.4 Å². The number of nitrogens with zero attached hydrogens (tertiary/aromatic N) is 1. The highest BCUT2D eigenvalue weighted by atomic mass is 79.9. The second-order valence-corrected chi connectivity index (χ2v) is 5.49. The fourth-order valence-corrected chi connectivity index (χ4v) is 2.39. The van der Waals surface area contributed by atoms with Crippen molar-refractivity contribution >= 4 is 27.8 Å². The Hall–Kier alpha value is -1.36. The number of amides is 1. The minimum atomic E-state index is -0.926. The van der Waals surface area contributed by atoms with Crippen LogP contribution < -0.4 is 0 Å². The number of benzene rings is 1. The van der Waals surface area contributed by atoms with E-state index < -0.39 is 5.54 Å². The predicted octanol–water partition coefficient (Wildman–Crippen LogP) is 2.23. The lowest BCUT2D eigenvalue weighted by molar-refractivity contribution is -0.162. The van der Waals surface area contributed by atoms with Crippen molar-refractivity contribution in [3.63, 3.8) is 0 Å². The molecule has 0 atom stereocenters. The quantitative estimate of drug-likeness (QED) is 0.747. The summed E-state index contributed by atoms with van der Waals surface area (Å²) in [5.74, 6) is -0.529. The van der Waals surface area contributed by atoms with E-state index in [1.807, 2.05) is 12.1 Å². The Balaban J connectivity index is 2.34. The molecule has 0 bridgehead atoms. The van der Waals surface area contributed by atoms with Gasteiger partial charge in [-0.15, -0.1) is 0 Å². The fourth-order valence-electron chi connectivity index (χ4n) is 1.93. The number of hydrogen-bond acceptors (Lipinski definition) is 3. The van der Waals surface area contributed by atoms with E-state index in [9.17, 15) is 9.59 Å². The van der Waals surface area contributed by atoms with Gasteiger partial charge in [0.1, 0.15) is 12.1 Å². The molecule has 0 aromatic heterocycles. The van der Waals surface area contributed by atoms with Crippen molar-refractivity contribution in [2.24, 2.45) is 0 Å². The maximum atomic E-state index is 12.5. The third-order valence-corrected chi connectivity index (χ3v) is 3.76. The Kier molecular flexibility index (Phi) is 3.43. The first-order valence-electron chi connectivity index (χ1n) is 5.68. The lowest BCUT2D eigenvalue weighted by Crippen LogP contribution is -2.58. The summed E-state index contributed by atoms with van der Waals surface area (Å²) >= 11 is 3.35. The van der Waals surface area contributed by atoms with Crippen molar-refractivity contribution in [1.82, 2.24) is 4.90 Å². The summed E-state index contributed by atoms with van der Waals surface area (Å²) in [7, 11) is 0.